The number of pyridine rings is 1. The van der Waals surface area contributed by atoms with Gasteiger partial charge in [-0.15, -0.1) is 0 Å². The fourth-order valence-electron chi connectivity index (χ4n) is 1.20. The van der Waals surface area contributed by atoms with E-state index in [0.717, 1.165) is 0 Å². The van der Waals surface area contributed by atoms with Crippen molar-refractivity contribution in [2.24, 2.45) is 0 Å². The van der Waals surface area contributed by atoms with E-state index in [1.54, 1.807) is 18.2 Å². The van der Waals surface area contributed by atoms with Crippen molar-refractivity contribution >= 4 is 52.2 Å². The van der Waals surface area contributed by atoms with Crippen molar-refractivity contribution in [1.82, 2.24) is 4.98 Å². The van der Waals surface area contributed by atoms with Crippen LogP contribution in [0.4, 0.5) is 5.82 Å². The summed E-state index contributed by atoms with van der Waals surface area (Å²) < 4.78 is 5.46. The third kappa shape index (κ3) is 2.75. The topological polar surface area (TPSA) is 48.1 Å². The SMILES string of the molecule is Nc1nc(Oc2cccc(Cl)c2Cl)c(Cl)cc1Cl. The Hall–Kier alpha value is -0.870. The molecule has 0 unspecified atom stereocenters. The van der Waals surface area contributed by atoms with E-state index in [1.807, 2.05) is 0 Å². The lowest BCUT2D eigenvalue weighted by molar-refractivity contribution is 0.464. The second kappa shape index (κ2) is 5.41. The number of ether oxygens (including phenoxy) is 1. The summed E-state index contributed by atoms with van der Waals surface area (Å²) >= 11 is 23.6. The summed E-state index contributed by atoms with van der Waals surface area (Å²) in [5, 5.41) is 1.12. The van der Waals surface area contributed by atoms with Crippen LogP contribution in [0.1, 0.15) is 0 Å². The summed E-state index contributed by atoms with van der Waals surface area (Å²) in [5.74, 6) is 0.567. The van der Waals surface area contributed by atoms with E-state index in [9.17, 15) is 0 Å². The molecule has 18 heavy (non-hydrogen) atoms. The summed E-state index contributed by atoms with van der Waals surface area (Å²) in [7, 11) is 0. The van der Waals surface area contributed by atoms with Gasteiger partial charge in [-0.2, -0.15) is 4.98 Å². The standard InChI is InChI=1S/C11H6Cl4N2O/c12-5-2-1-3-8(9(5)15)18-11-7(14)4-6(13)10(16)17-11/h1-4H,(H2,16,17). The molecule has 0 saturated carbocycles. The maximum absolute atomic E-state index is 5.98. The number of halogens is 4. The second-order valence-corrected chi connectivity index (χ2v) is 4.90. The van der Waals surface area contributed by atoms with Crippen molar-refractivity contribution < 1.29 is 4.74 Å². The van der Waals surface area contributed by atoms with Gasteiger partial charge in [-0.1, -0.05) is 52.5 Å². The number of nitrogens with zero attached hydrogens (tertiary/aromatic N) is 1. The van der Waals surface area contributed by atoms with Gasteiger partial charge in [0.15, 0.2) is 0 Å². The van der Waals surface area contributed by atoms with E-state index in [-0.39, 0.29) is 26.8 Å². The first-order valence-electron chi connectivity index (χ1n) is 4.72. The fourth-order valence-corrected chi connectivity index (χ4v) is 1.93. The molecule has 0 aliphatic heterocycles. The van der Waals surface area contributed by atoms with Gasteiger partial charge < -0.3 is 10.5 Å². The van der Waals surface area contributed by atoms with Gasteiger partial charge in [-0.25, -0.2) is 0 Å². The summed E-state index contributed by atoms with van der Waals surface area (Å²) in [6.45, 7) is 0. The van der Waals surface area contributed by atoms with E-state index < -0.39 is 0 Å². The molecule has 7 heteroatoms. The van der Waals surface area contributed by atoms with E-state index >= 15 is 0 Å². The van der Waals surface area contributed by atoms with Crippen LogP contribution in [0.2, 0.25) is 20.1 Å². The molecule has 0 amide bonds. The minimum absolute atomic E-state index is 0.114. The van der Waals surface area contributed by atoms with Crippen LogP contribution in [0.15, 0.2) is 24.3 Å². The molecule has 0 spiro atoms. The molecule has 0 aliphatic carbocycles. The number of nitrogen functional groups attached to an aromatic ring is 1. The lowest BCUT2D eigenvalue weighted by Gasteiger charge is -2.10. The van der Waals surface area contributed by atoms with Gasteiger partial charge in [0, 0.05) is 0 Å². The normalized spacial score (nSPS) is 10.4. The Morgan fingerprint density at radius 2 is 1.72 bits per heavy atom. The molecule has 94 valence electrons. The van der Waals surface area contributed by atoms with Crippen LogP contribution < -0.4 is 10.5 Å². The number of anilines is 1. The monoisotopic (exact) mass is 322 g/mol. The van der Waals surface area contributed by atoms with Crippen LogP contribution in [0.5, 0.6) is 11.6 Å². The Kier molecular flexibility index (Phi) is 4.07. The molecular weight excluding hydrogens is 318 g/mol. The number of benzene rings is 1. The van der Waals surface area contributed by atoms with Crippen LogP contribution >= 0.6 is 46.4 Å². The highest BCUT2D eigenvalue weighted by molar-refractivity contribution is 6.43. The molecule has 0 radical (unpaired) electrons. The van der Waals surface area contributed by atoms with Crippen LogP contribution in [0, 0.1) is 0 Å². The average Bonchev–Trinajstić information content (AvgIpc) is 2.32. The lowest BCUT2D eigenvalue weighted by atomic mass is 10.3. The summed E-state index contributed by atoms with van der Waals surface area (Å²) in [4.78, 5) is 3.93. The first kappa shape index (κ1) is 13.6. The van der Waals surface area contributed by atoms with E-state index in [4.69, 9.17) is 56.9 Å². The van der Waals surface area contributed by atoms with Gasteiger partial charge in [0.2, 0.25) is 5.88 Å². The van der Waals surface area contributed by atoms with Crippen LogP contribution in [0.3, 0.4) is 0 Å². The smallest absolute Gasteiger partial charge is 0.240 e. The molecule has 0 atom stereocenters. The van der Waals surface area contributed by atoms with E-state index in [0.29, 0.717) is 10.8 Å². The molecule has 0 aliphatic rings. The van der Waals surface area contributed by atoms with Crippen molar-refractivity contribution in [1.29, 1.82) is 0 Å². The van der Waals surface area contributed by atoms with Gasteiger partial charge in [0.05, 0.1) is 10.0 Å². The van der Waals surface area contributed by atoms with Gasteiger partial charge in [-0.3, -0.25) is 0 Å². The Morgan fingerprint density at radius 1 is 1.00 bits per heavy atom. The number of nitrogens with two attached hydrogens (primary N) is 1. The van der Waals surface area contributed by atoms with Crippen LogP contribution in [-0.4, -0.2) is 4.98 Å². The highest BCUT2D eigenvalue weighted by Crippen LogP contribution is 2.37. The zero-order chi connectivity index (χ0) is 13.3. The number of rotatable bonds is 2. The first-order valence-corrected chi connectivity index (χ1v) is 6.23. The summed E-state index contributed by atoms with van der Waals surface area (Å²) in [6, 6.07) is 6.41. The third-order valence-electron chi connectivity index (χ3n) is 2.05. The van der Waals surface area contributed by atoms with Gasteiger partial charge in [0.1, 0.15) is 21.6 Å². The molecule has 0 bridgehead atoms. The molecule has 3 nitrogen and oxygen atoms in total. The van der Waals surface area contributed by atoms with Crippen molar-refractivity contribution in [2.75, 3.05) is 5.73 Å². The van der Waals surface area contributed by atoms with Crippen molar-refractivity contribution in [3.63, 3.8) is 0 Å². The maximum Gasteiger partial charge on any atom is 0.240 e. The molecule has 0 fully saturated rings. The van der Waals surface area contributed by atoms with Gasteiger partial charge in [-0.05, 0) is 18.2 Å². The highest BCUT2D eigenvalue weighted by Gasteiger charge is 2.12. The minimum atomic E-state index is 0.114. The number of hydrogen-bond donors (Lipinski definition) is 1. The Bertz CT molecular complexity index is 604. The van der Waals surface area contributed by atoms with Gasteiger partial charge in [0.25, 0.3) is 0 Å². The minimum Gasteiger partial charge on any atom is -0.436 e. The zero-order valence-corrected chi connectivity index (χ0v) is 11.8. The van der Waals surface area contributed by atoms with Crippen LogP contribution in [-0.2, 0) is 0 Å². The molecule has 2 aromatic rings. The zero-order valence-electron chi connectivity index (χ0n) is 8.75. The molecule has 2 N–H and O–H groups in total. The molecular formula is C11H6Cl4N2O. The Labute approximate surface area is 123 Å². The number of aromatic nitrogens is 1. The number of hydrogen-bond acceptors (Lipinski definition) is 3. The average molecular weight is 324 g/mol. The highest BCUT2D eigenvalue weighted by atomic mass is 35.5. The lowest BCUT2D eigenvalue weighted by Crippen LogP contribution is -1.96. The molecule has 1 heterocycles. The largest absolute Gasteiger partial charge is 0.436 e. The fraction of sp³-hybridized carbons (Fsp3) is 0. The predicted molar refractivity (Wildman–Crippen MR) is 75.2 cm³/mol. The second-order valence-electron chi connectivity index (χ2n) is 3.30. The third-order valence-corrected chi connectivity index (χ3v) is 3.42. The van der Waals surface area contributed by atoms with Crippen molar-refractivity contribution in [2.45, 2.75) is 0 Å². The predicted octanol–water partition coefficient (Wildman–Crippen LogP) is 5.07. The van der Waals surface area contributed by atoms with Crippen molar-refractivity contribution in [3.05, 3.63) is 44.4 Å². The van der Waals surface area contributed by atoms with E-state index in [2.05, 4.69) is 4.98 Å². The molecule has 0 saturated heterocycles. The van der Waals surface area contributed by atoms with Crippen LogP contribution in [0.25, 0.3) is 0 Å². The molecule has 1 aromatic heterocycles. The molecule has 1 aromatic carbocycles. The first-order chi connectivity index (χ1) is 8.49. The Morgan fingerprint density at radius 3 is 2.44 bits per heavy atom. The quantitative estimate of drug-likeness (QED) is 0.839. The Balaban J connectivity index is 2.40. The van der Waals surface area contributed by atoms with E-state index in [1.165, 1.54) is 6.07 Å². The van der Waals surface area contributed by atoms with Crippen molar-refractivity contribution in [3.8, 4) is 11.6 Å². The summed E-state index contributed by atoms with van der Waals surface area (Å²) in [6.07, 6.45) is 0. The maximum atomic E-state index is 5.98. The summed E-state index contributed by atoms with van der Waals surface area (Å²) in [5.41, 5.74) is 5.57. The van der Waals surface area contributed by atoms with Gasteiger partial charge >= 0.3 is 0 Å². The molecule has 2 rings (SSSR count).